The molecule has 8 amide bonds. The van der Waals surface area contributed by atoms with Crippen molar-refractivity contribution in [3.63, 3.8) is 0 Å². The lowest BCUT2D eigenvalue weighted by Gasteiger charge is -2.22. The largest absolute Gasteiger partial charge is 0.480 e. The van der Waals surface area contributed by atoms with E-state index in [4.69, 9.17) is 99.7 Å². The molecule has 45 nitrogen and oxygen atoms in total. The van der Waals surface area contributed by atoms with Crippen LogP contribution in [-0.2, 0) is 125 Å². The molecule has 0 spiro atoms. The Labute approximate surface area is 742 Å². The van der Waals surface area contributed by atoms with Crippen molar-refractivity contribution < 1.29 is 125 Å². The second-order valence-electron chi connectivity index (χ2n) is 28.1. The number of hydrogen-bond donors (Lipinski definition) is 18. The number of nitrogens with two attached hydrogens (primary N) is 11. The van der Waals surface area contributed by atoms with E-state index in [9.17, 15) is 67.1 Å². The number of nitrogens with zero attached hydrogens (tertiary/aromatic N) is 3. The van der Waals surface area contributed by atoms with E-state index >= 15 is 0 Å². The van der Waals surface area contributed by atoms with Gasteiger partial charge in [-0.2, -0.15) is 0 Å². The minimum absolute atomic E-state index is 0. The normalized spacial score (nSPS) is 9.73. The molecular formula is C83H125N19O26. The Morgan fingerprint density at radius 3 is 0.633 bits per heavy atom. The van der Waals surface area contributed by atoms with Crippen molar-refractivity contribution in [3.8, 4) is 0 Å². The van der Waals surface area contributed by atoms with Gasteiger partial charge in [-0.3, -0.25) is 59.6 Å². The number of nitrogens with one attached hydrogen (secondary N) is 4. The van der Waals surface area contributed by atoms with E-state index in [1.807, 2.05) is 133 Å². The molecular weight excluding hydrogens is 1680 g/mol. The summed E-state index contributed by atoms with van der Waals surface area (Å²) in [6.45, 7) is 20.1. The first-order chi connectivity index (χ1) is 59.3. The molecule has 31 N–H and O–H groups in total. The summed E-state index contributed by atoms with van der Waals surface area (Å²) in [6.07, 6.45) is -4.94. The number of primary amides is 4. The summed E-state index contributed by atoms with van der Waals surface area (Å²) < 4.78 is 48.5. The Kier molecular flexibility index (Phi) is 67.9. The molecule has 6 aromatic carbocycles. The molecule has 0 unspecified atom stereocenters. The summed E-state index contributed by atoms with van der Waals surface area (Å²) in [5, 5.41) is 25.1. The lowest BCUT2D eigenvalue weighted by Crippen LogP contribution is -2.47. The molecule has 0 atom stereocenters. The quantitative estimate of drug-likeness (QED) is 0.0180. The molecule has 6 rings (SSSR count). The summed E-state index contributed by atoms with van der Waals surface area (Å²) in [5.74, 6) is -5.78. The van der Waals surface area contributed by atoms with Gasteiger partial charge >= 0.3 is 72.4 Å². The molecule has 0 aliphatic heterocycles. The van der Waals surface area contributed by atoms with Gasteiger partial charge in [-0.05, 0) is 116 Å². The summed E-state index contributed by atoms with van der Waals surface area (Å²) in [4.78, 5) is 161. The number of rotatable bonds is 23. The molecule has 708 valence electrons. The maximum Gasteiger partial charge on any atom is 0.414 e. The highest BCUT2D eigenvalue weighted by atomic mass is 16.6. The number of benzene rings is 6. The fourth-order valence-electron chi connectivity index (χ4n) is 7.00. The molecule has 0 heterocycles. The number of carboxylic acids is 2. The van der Waals surface area contributed by atoms with Crippen LogP contribution in [0.1, 0.15) is 116 Å². The van der Waals surface area contributed by atoms with Crippen LogP contribution in [0.4, 0.5) is 28.8 Å². The van der Waals surface area contributed by atoms with Crippen LogP contribution in [0.15, 0.2) is 197 Å². The minimum atomic E-state index is -1.24. The van der Waals surface area contributed by atoms with Crippen molar-refractivity contribution in [3.05, 3.63) is 215 Å². The van der Waals surface area contributed by atoms with E-state index in [1.165, 1.54) is 0 Å². The molecule has 0 fully saturated rings. The number of esters is 4. The topological polar surface area (TPSA) is 778 Å². The van der Waals surface area contributed by atoms with Crippen molar-refractivity contribution in [2.75, 3.05) is 52.4 Å². The number of amides is 8. The van der Waals surface area contributed by atoms with Crippen LogP contribution in [0.3, 0.4) is 0 Å². The van der Waals surface area contributed by atoms with Crippen LogP contribution in [0.2, 0.25) is 0 Å². The molecule has 0 aromatic heterocycles. The molecule has 6 aromatic rings. The number of carbonyl (C=O) groups excluding carboxylic acids is 12. The summed E-state index contributed by atoms with van der Waals surface area (Å²) in [6, 6.07) is 55.8. The van der Waals surface area contributed by atoms with Gasteiger partial charge in [-0.15, -0.1) is 0 Å². The van der Waals surface area contributed by atoms with Crippen LogP contribution < -0.4 is 90.5 Å². The van der Waals surface area contributed by atoms with E-state index in [-0.39, 0.29) is 94.4 Å². The average molecular weight is 1810 g/mol. The number of ether oxygens (including phenoxy) is 10. The standard InChI is InChI=1S/C19H19N3O6.C13H24N4O5.4C9H11NO2.2C5H11NO2.C3H8N4O.C2H5NO2.H3N/c23-16(24)11-20-17(21-18(25)27-12-14-7-3-1-4-8-14)22-19(26)28-13-15-9-5-2-6-10-15;1-12(2,3)21-10(19)16-9(15-7-8(14)18)17-11(20)22-13(4,5)6;4*10-6-9(11)12-7-8-4-2-1-3-5-8;2*1-5(2,3)8-4(6)7;4-2(8)1-7-3(5)6;3-1-2(4)5;/h1-10H,11-13H2,(H,23,24)(H2,20,21,22,25,26);7H2,1-6H3,(H2,14,18)(H2,15,16,17,19,20);4*1-5H,6-7,10H2;2*1-3H3,(H2,6,7);1H2,(H2,4,8)(H4,5,6,7);1,3H2,(H,4,5);1H3. The number of aliphatic imine (C=N–C) groups is 3. The number of hydrogen-bond acceptors (Lipinski definition) is 33. The van der Waals surface area contributed by atoms with Gasteiger partial charge in [-0.1, -0.05) is 182 Å². The third-order valence-electron chi connectivity index (χ3n) is 11.9. The summed E-state index contributed by atoms with van der Waals surface area (Å²) in [7, 11) is 0. The van der Waals surface area contributed by atoms with Gasteiger partial charge in [-0.25, -0.2) is 43.7 Å². The smallest absolute Gasteiger partial charge is 0.414 e. The summed E-state index contributed by atoms with van der Waals surface area (Å²) >= 11 is 0. The van der Waals surface area contributed by atoms with Crippen molar-refractivity contribution in [1.82, 2.24) is 27.4 Å². The van der Waals surface area contributed by atoms with Crippen LogP contribution >= 0.6 is 0 Å². The van der Waals surface area contributed by atoms with Gasteiger partial charge in [0.15, 0.2) is 5.96 Å². The van der Waals surface area contributed by atoms with Crippen LogP contribution in [-0.4, -0.2) is 187 Å². The first kappa shape index (κ1) is 122. The number of guanidine groups is 3. The monoisotopic (exact) mass is 1800 g/mol. The molecule has 0 aliphatic rings. The first-order valence-electron chi connectivity index (χ1n) is 37.7. The second kappa shape index (κ2) is 71.5. The van der Waals surface area contributed by atoms with Crippen molar-refractivity contribution in [2.45, 2.75) is 145 Å². The average Bonchev–Trinajstić information content (AvgIpc) is 0.544. The Bertz CT molecular complexity index is 3950. The van der Waals surface area contributed by atoms with Gasteiger partial charge in [0.2, 0.25) is 23.7 Å². The van der Waals surface area contributed by atoms with Gasteiger partial charge in [0.1, 0.15) is 81.7 Å². The van der Waals surface area contributed by atoms with Crippen molar-refractivity contribution in [2.24, 2.45) is 78.0 Å². The summed E-state index contributed by atoms with van der Waals surface area (Å²) in [5.41, 5.74) is 56.7. The van der Waals surface area contributed by atoms with Gasteiger partial charge < -0.3 is 127 Å². The number of aliphatic carboxylic acids is 2. The Morgan fingerprint density at radius 1 is 0.281 bits per heavy atom. The highest BCUT2D eigenvalue weighted by molar-refractivity contribution is 6.03. The number of carboxylic acid groups (broad SMARTS) is 2. The van der Waals surface area contributed by atoms with Crippen molar-refractivity contribution >= 4 is 102 Å². The number of alkyl carbamates (subject to hydrolysis) is 4. The van der Waals surface area contributed by atoms with E-state index in [2.05, 4.69) is 57.2 Å². The van der Waals surface area contributed by atoms with Crippen LogP contribution in [0.25, 0.3) is 0 Å². The van der Waals surface area contributed by atoms with E-state index in [0.717, 1.165) is 33.4 Å². The lowest BCUT2D eigenvalue weighted by molar-refractivity contribution is -0.144. The lowest BCUT2D eigenvalue weighted by atomic mass is 10.2. The molecule has 0 saturated heterocycles. The Morgan fingerprint density at radius 2 is 0.477 bits per heavy atom. The third kappa shape index (κ3) is 87.4. The zero-order valence-electron chi connectivity index (χ0n) is 73.8. The molecule has 0 aliphatic carbocycles. The van der Waals surface area contributed by atoms with Crippen molar-refractivity contribution in [1.29, 1.82) is 0 Å². The van der Waals surface area contributed by atoms with E-state index in [1.54, 1.807) is 132 Å². The first-order valence-corrected chi connectivity index (χ1v) is 37.7. The maximum absolute atomic E-state index is 11.9. The van der Waals surface area contributed by atoms with E-state index < -0.39 is 102 Å². The van der Waals surface area contributed by atoms with Gasteiger partial charge in [0.25, 0.3) is 0 Å². The zero-order chi connectivity index (χ0) is 97.4. The van der Waals surface area contributed by atoms with Crippen LogP contribution in [0.5, 0.6) is 0 Å². The van der Waals surface area contributed by atoms with Gasteiger partial charge in [0, 0.05) is 0 Å². The number of carbonyl (C=O) groups is 14. The predicted octanol–water partition coefficient (Wildman–Crippen LogP) is 4.61. The molecule has 0 radical (unpaired) electrons. The van der Waals surface area contributed by atoms with E-state index in [0.29, 0.717) is 26.4 Å². The molecule has 45 heteroatoms. The molecule has 0 bridgehead atoms. The van der Waals surface area contributed by atoms with Crippen LogP contribution in [0, 0.1) is 0 Å². The maximum atomic E-state index is 11.9. The zero-order valence-corrected chi connectivity index (χ0v) is 73.8. The predicted molar refractivity (Wildman–Crippen MR) is 473 cm³/mol. The highest BCUT2D eigenvalue weighted by Crippen LogP contribution is 2.11. The SMILES string of the molecule is CC(C)(C)OC(=O)NC(=NCC(N)=O)NC(=O)OC(C)(C)C.CC(C)(C)OC(N)=O.CC(C)(C)OC(N)=O.N.NC(=O)CN=C(N)N.NCC(=O)O.NCC(=O)OCc1ccccc1.NCC(=O)OCc1ccccc1.NCC(=O)OCc1ccccc1.NCC(=O)OCc1ccccc1.O=C(O)CN=C(NC(=O)OCc1ccccc1)NC(=O)OCc1ccccc1. The molecule has 128 heavy (non-hydrogen) atoms. The Balaban J connectivity index is -0.000000455. The Hall–Kier alpha value is -14.9. The third-order valence-corrected chi connectivity index (χ3v) is 11.9. The fourth-order valence-corrected chi connectivity index (χ4v) is 7.00. The second-order valence-corrected chi connectivity index (χ2v) is 28.1. The molecule has 0 saturated carbocycles. The minimum Gasteiger partial charge on any atom is -0.480 e. The highest BCUT2D eigenvalue weighted by Gasteiger charge is 2.22. The van der Waals surface area contributed by atoms with Gasteiger partial charge in [0.05, 0.1) is 32.7 Å². The fraction of sp³-hybridized carbons (Fsp3) is 0.361.